The minimum atomic E-state index is -0.0630. The Morgan fingerprint density at radius 1 is 1.03 bits per heavy atom. The van der Waals surface area contributed by atoms with Gasteiger partial charge >= 0.3 is 0 Å². The molecular weight excluding hydrogens is 428 g/mol. The van der Waals surface area contributed by atoms with Crippen LogP contribution in [0.3, 0.4) is 0 Å². The zero-order valence-electron chi connectivity index (χ0n) is 17.3. The number of nitrogens with one attached hydrogen (secondary N) is 1. The maximum absolute atomic E-state index is 12.6. The summed E-state index contributed by atoms with van der Waals surface area (Å²) in [5.74, 6) is -0.118. The highest BCUT2D eigenvalue weighted by Crippen LogP contribution is 2.32. The van der Waals surface area contributed by atoms with Crippen LogP contribution in [-0.2, 0) is 9.59 Å². The molecule has 0 spiro atoms. The van der Waals surface area contributed by atoms with E-state index in [-0.39, 0.29) is 17.6 Å². The van der Waals surface area contributed by atoms with Crippen molar-refractivity contribution in [2.75, 3.05) is 11.9 Å². The van der Waals surface area contributed by atoms with Crippen LogP contribution in [-0.4, -0.2) is 33.4 Å². The van der Waals surface area contributed by atoms with Crippen LogP contribution in [0.15, 0.2) is 59.5 Å². The monoisotopic (exact) mass is 452 g/mol. The molecule has 0 bridgehead atoms. The summed E-state index contributed by atoms with van der Waals surface area (Å²) in [6, 6.07) is 16.6. The van der Waals surface area contributed by atoms with E-state index in [2.05, 4.69) is 5.32 Å². The van der Waals surface area contributed by atoms with Crippen LogP contribution in [0.2, 0.25) is 0 Å². The highest BCUT2D eigenvalue weighted by atomic mass is 32.2. The Hall–Kier alpha value is -2.77. The number of carbonyl (C=O) groups is 3. The molecule has 0 unspecified atom stereocenters. The second-order valence-electron chi connectivity index (χ2n) is 7.24. The number of carbonyl (C=O) groups excluding carboxylic acids is 3. The minimum absolute atomic E-state index is 0.00470. The van der Waals surface area contributed by atoms with Gasteiger partial charge in [0.2, 0.25) is 5.91 Å². The van der Waals surface area contributed by atoms with E-state index in [1.54, 1.807) is 29.2 Å². The largest absolute Gasteiger partial charge is 0.326 e. The summed E-state index contributed by atoms with van der Waals surface area (Å²) < 4.78 is 0.582. The second kappa shape index (κ2) is 11.0. The van der Waals surface area contributed by atoms with Crippen LogP contribution in [0.4, 0.5) is 5.69 Å². The maximum atomic E-state index is 12.6. The summed E-state index contributed by atoms with van der Waals surface area (Å²) in [6.07, 6.45) is 4.61. The fourth-order valence-electron chi connectivity index (χ4n) is 3.14. The van der Waals surface area contributed by atoms with Crippen LogP contribution < -0.4 is 5.32 Å². The number of thiocarbonyl (C=S) groups is 1. The molecule has 5 nitrogen and oxygen atoms in total. The zero-order chi connectivity index (χ0) is 22.2. The number of amides is 2. The normalized spacial score (nSPS) is 14.9. The Bertz CT molecular complexity index is 1000. The van der Waals surface area contributed by atoms with E-state index in [0.717, 1.165) is 24.8 Å². The van der Waals surface area contributed by atoms with Crippen molar-refractivity contribution in [3.8, 4) is 0 Å². The lowest BCUT2D eigenvalue weighted by Gasteiger charge is -2.14. The first-order valence-electron chi connectivity index (χ1n) is 10.2. The smallest absolute Gasteiger partial charge is 0.266 e. The molecule has 1 fully saturated rings. The number of rotatable bonds is 9. The molecule has 1 N–H and O–H groups in total. The highest BCUT2D eigenvalue weighted by Gasteiger charge is 2.31. The molecule has 0 radical (unpaired) electrons. The summed E-state index contributed by atoms with van der Waals surface area (Å²) >= 11 is 6.70. The molecule has 1 heterocycles. The standard InChI is InChI=1S/C24H24N2O3S2/c1-17(27)19-11-13-20(14-12-19)25-22(28)10-6-3-7-15-26-23(29)21(31-24(26)30)16-18-8-4-2-5-9-18/h2,4-5,8-9,11-14,16H,3,6-7,10,15H2,1H3,(H,25,28). The van der Waals surface area contributed by atoms with Crippen molar-refractivity contribution in [2.45, 2.75) is 32.6 Å². The first-order chi connectivity index (χ1) is 14.9. The summed E-state index contributed by atoms with van der Waals surface area (Å²) in [5, 5.41) is 2.84. The number of nitrogens with zero attached hydrogens (tertiary/aromatic N) is 1. The van der Waals surface area contributed by atoms with Gasteiger partial charge in [0, 0.05) is 24.2 Å². The van der Waals surface area contributed by atoms with E-state index in [9.17, 15) is 14.4 Å². The Balaban J connectivity index is 1.39. The highest BCUT2D eigenvalue weighted by molar-refractivity contribution is 8.26. The van der Waals surface area contributed by atoms with Gasteiger partial charge in [-0.25, -0.2) is 0 Å². The molecule has 1 saturated heterocycles. The molecule has 3 rings (SSSR count). The van der Waals surface area contributed by atoms with Crippen molar-refractivity contribution >= 4 is 57.7 Å². The van der Waals surface area contributed by atoms with E-state index in [1.807, 2.05) is 36.4 Å². The molecule has 31 heavy (non-hydrogen) atoms. The predicted molar refractivity (Wildman–Crippen MR) is 130 cm³/mol. The lowest BCUT2D eigenvalue weighted by atomic mass is 10.1. The van der Waals surface area contributed by atoms with Crippen LogP contribution in [0.1, 0.15) is 48.5 Å². The third kappa shape index (κ3) is 6.60. The fraction of sp³-hybridized carbons (Fsp3) is 0.250. The van der Waals surface area contributed by atoms with Gasteiger partial charge in [-0.15, -0.1) is 0 Å². The van der Waals surface area contributed by atoms with Gasteiger partial charge in [0.15, 0.2) is 5.78 Å². The summed E-state index contributed by atoms with van der Waals surface area (Å²) in [4.78, 5) is 38.3. The molecule has 0 saturated carbocycles. The predicted octanol–water partition coefficient (Wildman–Crippen LogP) is 5.29. The topological polar surface area (TPSA) is 66.5 Å². The van der Waals surface area contributed by atoms with Gasteiger partial charge in [-0.3, -0.25) is 19.3 Å². The zero-order valence-corrected chi connectivity index (χ0v) is 18.9. The number of Topliss-reactive ketones (excluding diaryl/α,β-unsaturated/α-hetero) is 1. The number of ketones is 1. The number of thioether (sulfide) groups is 1. The van der Waals surface area contributed by atoms with Crippen molar-refractivity contribution in [1.29, 1.82) is 0 Å². The molecule has 1 aliphatic rings. The fourth-order valence-corrected chi connectivity index (χ4v) is 4.45. The Morgan fingerprint density at radius 3 is 2.42 bits per heavy atom. The van der Waals surface area contributed by atoms with Crippen molar-refractivity contribution < 1.29 is 14.4 Å². The molecule has 160 valence electrons. The molecule has 2 amide bonds. The van der Waals surface area contributed by atoms with Gasteiger partial charge in [0.05, 0.1) is 4.91 Å². The summed E-state index contributed by atoms with van der Waals surface area (Å²) in [7, 11) is 0. The molecule has 7 heteroatoms. The van der Waals surface area contributed by atoms with Gasteiger partial charge in [-0.1, -0.05) is 60.7 Å². The molecular formula is C24H24N2O3S2. The van der Waals surface area contributed by atoms with Crippen LogP contribution in [0.25, 0.3) is 6.08 Å². The molecule has 2 aromatic rings. The van der Waals surface area contributed by atoms with Crippen LogP contribution >= 0.6 is 24.0 Å². The number of hydrogen-bond acceptors (Lipinski definition) is 5. The van der Waals surface area contributed by atoms with Crippen LogP contribution in [0.5, 0.6) is 0 Å². The summed E-state index contributed by atoms with van der Waals surface area (Å²) in [5.41, 5.74) is 2.27. The van der Waals surface area contributed by atoms with Gasteiger partial charge in [-0.2, -0.15) is 0 Å². The van der Waals surface area contributed by atoms with E-state index < -0.39 is 0 Å². The van der Waals surface area contributed by atoms with Crippen molar-refractivity contribution in [3.05, 3.63) is 70.6 Å². The third-order valence-corrected chi connectivity index (χ3v) is 6.21. The number of unbranched alkanes of at least 4 members (excludes halogenated alkanes) is 2. The van der Waals surface area contributed by atoms with Gasteiger partial charge < -0.3 is 5.32 Å². The van der Waals surface area contributed by atoms with E-state index in [0.29, 0.717) is 33.4 Å². The SMILES string of the molecule is CC(=O)c1ccc(NC(=O)CCCCCN2C(=O)C(=Cc3ccccc3)SC2=S)cc1. The first-order valence-corrected chi connectivity index (χ1v) is 11.4. The van der Waals surface area contributed by atoms with Crippen molar-refractivity contribution in [3.63, 3.8) is 0 Å². The Kier molecular flexibility index (Phi) is 8.14. The molecule has 0 aromatic heterocycles. The van der Waals surface area contributed by atoms with Crippen molar-refractivity contribution in [1.82, 2.24) is 4.90 Å². The Morgan fingerprint density at radius 2 is 1.74 bits per heavy atom. The van der Waals surface area contributed by atoms with Gasteiger partial charge in [0.1, 0.15) is 4.32 Å². The lowest BCUT2D eigenvalue weighted by molar-refractivity contribution is -0.122. The molecule has 0 atom stereocenters. The lowest BCUT2D eigenvalue weighted by Crippen LogP contribution is -2.29. The van der Waals surface area contributed by atoms with Crippen molar-refractivity contribution in [2.24, 2.45) is 0 Å². The molecule has 2 aromatic carbocycles. The second-order valence-corrected chi connectivity index (χ2v) is 8.91. The van der Waals surface area contributed by atoms with E-state index >= 15 is 0 Å². The van der Waals surface area contributed by atoms with Crippen LogP contribution in [0, 0.1) is 0 Å². The number of hydrogen-bond donors (Lipinski definition) is 1. The van der Waals surface area contributed by atoms with E-state index in [4.69, 9.17) is 12.2 Å². The number of anilines is 1. The average molecular weight is 453 g/mol. The molecule has 0 aliphatic carbocycles. The summed E-state index contributed by atoms with van der Waals surface area (Å²) in [6.45, 7) is 2.07. The maximum Gasteiger partial charge on any atom is 0.266 e. The Labute approximate surface area is 191 Å². The average Bonchev–Trinajstić information content (AvgIpc) is 3.01. The van der Waals surface area contributed by atoms with E-state index in [1.165, 1.54) is 18.7 Å². The van der Waals surface area contributed by atoms with Gasteiger partial charge in [0.25, 0.3) is 5.91 Å². The quantitative estimate of drug-likeness (QED) is 0.242. The minimum Gasteiger partial charge on any atom is -0.326 e. The molecule has 1 aliphatic heterocycles. The van der Waals surface area contributed by atoms with Gasteiger partial charge in [-0.05, 0) is 55.7 Å². The first kappa shape index (κ1) is 22.9. The number of benzene rings is 2. The third-order valence-electron chi connectivity index (χ3n) is 4.83.